The number of nitrogens with zero attached hydrogens (tertiary/aromatic N) is 4. The van der Waals surface area contributed by atoms with E-state index in [2.05, 4.69) is 32.0 Å². The fourth-order valence-electron chi connectivity index (χ4n) is 4.47. The predicted octanol–water partition coefficient (Wildman–Crippen LogP) is 3.54. The first-order valence-electron chi connectivity index (χ1n) is 10.7. The molecule has 2 N–H and O–H groups in total. The molecular formula is C22H23BrN6O2S. The van der Waals surface area contributed by atoms with Crippen molar-refractivity contribution >= 4 is 51.0 Å². The summed E-state index contributed by atoms with van der Waals surface area (Å²) in [6.07, 6.45) is 7.00. The average molecular weight is 515 g/mol. The van der Waals surface area contributed by atoms with E-state index in [1.54, 1.807) is 6.33 Å². The Labute approximate surface area is 197 Å². The van der Waals surface area contributed by atoms with E-state index >= 15 is 0 Å². The Kier molecular flexibility index (Phi) is 5.90. The van der Waals surface area contributed by atoms with Crippen LogP contribution in [0.1, 0.15) is 41.6 Å². The molecule has 166 valence electrons. The maximum atomic E-state index is 12.0. The van der Waals surface area contributed by atoms with Crippen molar-refractivity contribution < 1.29 is 9.59 Å². The van der Waals surface area contributed by atoms with Gasteiger partial charge in [-0.1, -0.05) is 11.8 Å². The zero-order valence-electron chi connectivity index (χ0n) is 17.4. The van der Waals surface area contributed by atoms with Crippen molar-refractivity contribution in [3.05, 3.63) is 39.5 Å². The summed E-state index contributed by atoms with van der Waals surface area (Å²) in [7, 11) is 0. The van der Waals surface area contributed by atoms with E-state index in [4.69, 9.17) is 10.4 Å². The number of ketones is 1. The van der Waals surface area contributed by atoms with Crippen molar-refractivity contribution in [2.75, 3.05) is 13.1 Å². The number of hydrogen-bond donors (Lipinski definition) is 2. The Morgan fingerprint density at radius 2 is 2.09 bits per heavy atom. The zero-order chi connectivity index (χ0) is 22.2. The van der Waals surface area contributed by atoms with Gasteiger partial charge >= 0.3 is 0 Å². The topological polar surface area (TPSA) is 108 Å². The van der Waals surface area contributed by atoms with E-state index in [-0.39, 0.29) is 11.3 Å². The molecule has 1 aliphatic heterocycles. The van der Waals surface area contributed by atoms with Gasteiger partial charge in [0.05, 0.1) is 6.33 Å². The number of piperidine rings is 1. The number of aromatic amines is 1. The summed E-state index contributed by atoms with van der Waals surface area (Å²) in [5.74, 6) is 0.770. The number of rotatable bonds is 6. The van der Waals surface area contributed by atoms with Gasteiger partial charge in [0.25, 0.3) is 0 Å². The van der Waals surface area contributed by atoms with Gasteiger partial charge in [0.15, 0.2) is 22.1 Å². The second-order valence-electron chi connectivity index (χ2n) is 8.37. The molecule has 3 aromatic rings. The van der Waals surface area contributed by atoms with Crippen LogP contribution in [0.5, 0.6) is 0 Å². The van der Waals surface area contributed by atoms with Crippen LogP contribution in [0.3, 0.4) is 0 Å². The molecule has 0 bridgehead atoms. The summed E-state index contributed by atoms with van der Waals surface area (Å²) in [4.78, 5) is 38.0. The number of fused-ring (bicyclic) bond motifs is 2. The molecule has 8 nitrogen and oxygen atoms in total. The van der Waals surface area contributed by atoms with Crippen LogP contribution in [0.25, 0.3) is 11.2 Å². The molecule has 0 atom stereocenters. The molecule has 0 saturated carbocycles. The number of carbonyl (C=O) groups excluding carboxylic acids is 2. The molecule has 1 amide bonds. The number of halogens is 1. The predicted molar refractivity (Wildman–Crippen MR) is 124 cm³/mol. The number of imidazole rings is 1. The largest absolute Gasteiger partial charge is 0.345 e. The first-order valence-corrected chi connectivity index (χ1v) is 12.4. The van der Waals surface area contributed by atoms with Crippen molar-refractivity contribution in [2.24, 2.45) is 5.92 Å². The van der Waals surface area contributed by atoms with Crippen molar-refractivity contribution in [3.8, 4) is 0 Å². The highest BCUT2D eigenvalue weighted by atomic mass is 79.9. The number of H-pyrrole nitrogens is 1. The highest BCUT2D eigenvalue weighted by molar-refractivity contribution is 9.10. The van der Waals surface area contributed by atoms with E-state index in [9.17, 15) is 9.59 Å². The molecule has 1 fully saturated rings. The van der Waals surface area contributed by atoms with Crippen LogP contribution in [0.2, 0.25) is 0 Å². The lowest BCUT2D eigenvalue weighted by Crippen LogP contribution is -2.32. The Morgan fingerprint density at radius 3 is 2.88 bits per heavy atom. The smallest absolute Gasteiger partial charge is 0.209 e. The average Bonchev–Trinajstić information content (AvgIpc) is 3.38. The lowest BCUT2D eigenvalue weighted by Gasteiger charge is -2.29. The first kappa shape index (κ1) is 21.4. The highest BCUT2D eigenvalue weighted by Crippen LogP contribution is 2.37. The first-order chi connectivity index (χ1) is 15.5. The second kappa shape index (κ2) is 8.82. The number of nitrogens with one attached hydrogen (secondary N) is 2. The molecule has 0 unspecified atom stereocenters. The van der Waals surface area contributed by atoms with Crippen LogP contribution < -0.4 is 5.49 Å². The maximum absolute atomic E-state index is 12.0. The molecular weight excluding hydrogens is 492 g/mol. The van der Waals surface area contributed by atoms with E-state index in [0.717, 1.165) is 77.9 Å². The molecule has 32 heavy (non-hydrogen) atoms. The van der Waals surface area contributed by atoms with Gasteiger partial charge in [0.2, 0.25) is 6.41 Å². The maximum Gasteiger partial charge on any atom is 0.209 e. The summed E-state index contributed by atoms with van der Waals surface area (Å²) < 4.78 is 2.88. The third-order valence-electron chi connectivity index (χ3n) is 6.36. The number of benzene rings is 1. The minimum atomic E-state index is 0.175. The van der Waals surface area contributed by atoms with Gasteiger partial charge in [0, 0.05) is 41.0 Å². The Balaban J connectivity index is 1.36. The molecule has 1 aliphatic carbocycles. The molecule has 1 saturated heterocycles. The summed E-state index contributed by atoms with van der Waals surface area (Å²) in [6, 6.07) is 3.96. The Morgan fingerprint density at radius 1 is 1.28 bits per heavy atom. The normalized spacial score (nSPS) is 16.7. The standard InChI is InChI=1S/C22H23BrN6O2S/c23-16-10-15-14(1-2-17(15)31)9-18(16)32-22-26-19-20(24)25-11-29(21(19)27-22)8-5-13-3-6-28(12-30)7-4-13/h9-13,24H,1-8H2,(H,26,27). The SMILES string of the molecule is N=c1ncn(CCC2CCN(C=O)CC2)c2nc(Sc3cc4c(cc3Br)C(=O)CC4)[nH]c12. The monoisotopic (exact) mass is 514 g/mol. The third-order valence-corrected chi connectivity index (χ3v) is 8.22. The van der Waals surface area contributed by atoms with Crippen molar-refractivity contribution in [1.82, 2.24) is 24.4 Å². The quantitative estimate of drug-likeness (QED) is 0.489. The summed E-state index contributed by atoms with van der Waals surface area (Å²) in [6.45, 7) is 2.42. The van der Waals surface area contributed by atoms with Gasteiger partial charge in [-0.15, -0.1) is 0 Å². The lowest BCUT2D eigenvalue weighted by atomic mass is 9.94. The summed E-state index contributed by atoms with van der Waals surface area (Å²) in [5, 5.41) is 8.89. The van der Waals surface area contributed by atoms with Crippen molar-refractivity contribution in [3.63, 3.8) is 0 Å². The number of hydrogen-bond acceptors (Lipinski definition) is 6. The molecule has 1 aromatic carbocycles. The number of aromatic nitrogens is 4. The number of likely N-dealkylation sites (tertiary alicyclic amines) is 1. The Hall–Kier alpha value is -2.46. The third kappa shape index (κ3) is 4.13. The highest BCUT2D eigenvalue weighted by Gasteiger charge is 2.22. The van der Waals surface area contributed by atoms with E-state index in [1.807, 2.05) is 15.5 Å². The van der Waals surface area contributed by atoms with E-state index in [1.165, 1.54) is 11.8 Å². The Bertz CT molecular complexity index is 1260. The number of Topliss-reactive ketones (excluding diaryl/α,β-unsaturated/α-hetero) is 1. The van der Waals surface area contributed by atoms with Gasteiger partial charge in [-0.3, -0.25) is 15.0 Å². The fraction of sp³-hybridized carbons (Fsp3) is 0.409. The van der Waals surface area contributed by atoms with Crippen LogP contribution in [0, 0.1) is 11.3 Å². The van der Waals surface area contributed by atoms with Crippen LogP contribution in [0.4, 0.5) is 0 Å². The molecule has 2 aliphatic rings. The summed E-state index contributed by atoms with van der Waals surface area (Å²) >= 11 is 5.08. The number of aryl methyl sites for hydroxylation is 2. The lowest BCUT2D eigenvalue weighted by molar-refractivity contribution is -0.119. The molecule has 3 heterocycles. The van der Waals surface area contributed by atoms with E-state index < -0.39 is 0 Å². The van der Waals surface area contributed by atoms with E-state index in [0.29, 0.717) is 23.0 Å². The zero-order valence-corrected chi connectivity index (χ0v) is 19.8. The minimum absolute atomic E-state index is 0.175. The van der Waals surface area contributed by atoms with Gasteiger partial charge < -0.3 is 14.5 Å². The summed E-state index contributed by atoms with van der Waals surface area (Å²) in [5.41, 5.74) is 3.41. The number of carbonyl (C=O) groups is 2. The molecule has 10 heteroatoms. The van der Waals surface area contributed by atoms with Gasteiger partial charge in [0.1, 0.15) is 5.52 Å². The van der Waals surface area contributed by atoms with Crippen molar-refractivity contribution in [2.45, 2.75) is 48.7 Å². The van der Waals surface area contributed by atoms with Crippen LogP contribution >= 0.6 is 27.7 Å². The second-order valence-corrected chi connectivity index (χ2v) is 10.3. The molecule has 0 spiro atoms. The minimum Gasteiger partial charge on any atom is -0.345 e. The molecule has 5 rings (SSSR count). The van der Waals surface area contributed by atoms with Crippen molar-refractivity contribution in [1.29, 1.82) is 5.41 Å². The fourth-order valence-corrected chi connectivity index (χ4v) is 5.91. The molecule has 2 aromatic heterocycles. The molecule has 0 radical (unpaired) electrons. The van der Waals surface area contributed by atoms with Gasteiger partial charge in [-0.25, -0.2) is 9.97 Å². The van der Waals surface area contributed by atoms with Gasteiger partial charge in [-0.2, -0.15) is 0 Å². The van der Waals surface area contributed by atoms with Crippen LogP contribution in [-0.4, -0.2) is 49.7 Å². The van der Waals surface area contributed by atoms with Crippen LogP contribution in [-0.2, 0) is 17.8 Å². The number of amides is 1. The van der Waals surface area contributed by atoms with Crippen LogP contribution in [0.15, 0.2) is 33.0 Å². The van der Waals surface area contributed by atoms with Gasteiger partial charge in [-0.05, 0) is 65.2 Å².